The predicted octanol–water partition coefficient (Wildman–Crippen LogP) is 3.36. The fraction of sp³-hybridized carbons (Fsp3) is 0.316. The third-order valence-corrected chi connectivity index (χ3v) is 3.85. The average molecular weight is 364 g/mol. The first-order valence-electron chi connectivity index (χ1n) is 7.99. The van der Waals surface area contributed by atoms with Gasteiger partial charge in [0.25, 0.3) is 0 Å². The molecule has 2 N–H and O–H groups in total. The standard InChI is InChI=1S/C19H22ClNO4/c1-3-24-19(22)17(21)11-13-4-9-18(23-2)14(10-13)12-25-16-7-5-15(20)6-8-16/h4-10,17H,3,11-12,21H2,1-2H3. The normalized spacial score (nSPS) is 11.7. The molecular weight excluding hydrogens is 342 g/mol. The number of esters is 1. The number of rotatable bonds is 8. The number of methoxy groups -OCH3 is 1. The van der Waals surface area contributed by atoms with Crippen LogP contribution in [0, 0.1) is 0 Å². The zero-order chi connectivity index (χ0) is 18.2. The van der Waals surface area contributed by atoms with Crippen molar-refractivity contribution in [2.45, 2.75) is 26.0 Å². The summed E-state index contributed by atoms with van der Waals surface area (Å²) in [6, 6.07) is 12.1. The Morgan fingerprint density at radius 1 is 1.20 bits per heavy atom. The highest BCUT2D eigenvalue weighted by Gasteiger charge is 2.16. The van der Waals surface area contributed by atoms with Crippen molar-refractivity contribution in [3.8, 4) is 11.5 Å². The monoisotopic (exact) mass is 363 g/mol. The van der Waals surface area contributed by atoms with Crippen molar-refractivity contribution in [3.05, 3.63) is 58.6 Å². The molecule has 0 spiro atoms. The number of hydrogen-bond acceptors (Lipinski definition) is 5. The number of benzene rings is 2. The maximum atomic E-state index is 11.7. The number of ether oxygens (including phenoxy) is 3. The van der Waals surface area contributed by atoms with Gasteiger partial charge in [-0.05, 0) is 55.3 Å². The van der Waals surface area contributed by atoms with E-state index in [4.69, 9.17) is 31.5 Å². The van der Waals surface area contributed by atoms with E-state index in [1.165, 1.54) is 0 Å². The molecule has 0 aliphatic carbocycles. The minimum Gasteiger partial charge on any atom is -0.496 e. The van der Waals surface area contributed by atoms with E-state index >= 15 is 0 Å². The molecule has 25 heavy (non-hydrogen) atoms. The predicted molar refractivity (Wildman–Crippen MR) is 97.1 cm³/mol. The van der Waals surface area contributed by atoms with Gasteiger partial charge in [-0.2, -0.15) is 0 Å². The molecule has 0 saturated heterocycles. The number of hydrogen-bond donors (Lipinski definition) is 1. The van der Waals surface area contributed by atoms with Crippen molar-refractivity contribution in [1.29, 1.82) is 0 Å². The van der Waals surface area contributed by atoms with Gasteiger partial charge in [-0.25, -0.2) is 0 Å². The lowest BCUT2D eigenvalue weighted by Gasteiger charge is -2.14. The molecule has 0 aromatic heterocycles. The fourth-order valence-electron chi connectivity index (χ4n) is 2.35. The average Bonchev–Trinajstić information content (AvgIpc) is 2.61. The molecule has 6 heteroatoms. The number of nitrogens with two attached hydrogens (primary N) is 1. The van der Waals surface area contributed by atoms with Crippen molar-refractivity contribution >= 4 is 17.6 Å². The third-order valence-electron chi connectivity index (χ3n) is 3.60. The third kappa shape index (κ3) is 5.66. The lowest BCUT2D eigenvalue weighted by Crippen LogP contribution is -2.34. The van der Waals surface area contributed by atoms with E-state index in [9.17, 15) is 4.79 Å². The Morgan fingerprint density at radius 2 is 1.92 bits per heavy atom. The minimum atomic E-state index is -0.696. The van der Waals surface area contributed by atoms with E-state index < -0.39 is 12.0 Å². The Balaban J connectivity index is 2.08. The van der Waals surface area contributed by atoms with Gasteiger partial charge in [0.1, 0.15) is 24.1 Å². The van der Waals surface area contributed by atoms with Crippen LogP contribution in [0.25, 0.3) is 0 Å². The van der Waals surface area contributed by atoms with Gasteiger partial charge in [0, 0.05) is 10.6 Å². The maximum absolute atomic E-state index is 11.7. The lowest BCUT2D eigenvalue weighted by atomic mass is 10.0. The largest absolute Gasteiger partial charge is 0.496 e. The summed E-state index contributed by atoms with van der Waals surface area (Å²) in [6.07, 6.45) is 0.386. The van der Waals surface area contributed by atoms with Crippen LogP contribution in [-0.2, 0) is 22.6 Å². The molecule has 1 atom stereocenters. The quantitative estimate of drug-likeness (QED) is 0.728. The second-order valence-electron chi connectivity index (χ2n) is 5.45. The molecule has 0 aliphatic rings. The summed E-state index contributed by atoms with van der Waals surface area (Å²) in [4.78, 5) is 11.7. The highest BCUT2D eigenvalue weighted by atomic mass is 35.5. The first kappa shape index (κ1) is 19.1. The van der Waals surface area contributed by atoms with Gasteiger partial charge in [-0.15, -0.1) is 0 Å². The van der Waals surface area contributed by atoms with Gasteiger partial charge in [0.05, 0.1) is 13.7 Å². The van der Waals surface area contributed by atoms with Crippen LogP contribution in [0.5, 0.6) is 11.5 Å². The summed E-state index contributed by atoms with van der Waals surface area (Å²) >= 11 is 5.87. The maximum Gasteiger partial charge on any atom is 0.323 e. The molecule has 0 aliphatic heterocycles. The van der Waals surface area contributed by atoms with E-state index in [2.05, 4.69) is 0 Å². The van der Waals surface area contributed by atoms with E-state index in [0.29, 0.717) is 36.2 Å². The molecule has 2 rings (SSSR count). The fourth-order valence-corrected chi connectivity index (χ4v) is 2.48. The molecule has 0 saturated carbocycles. The molecule has 134 valence electrons. The van der Waals surface area contributed by atoms with Crippen LogP contribution in [0.15, 0.2) is 42.5 Å². The molecule has 0 radical (unpaired) electrons. The zero-order valence-electron chi connectivity index (χ0n) is 14.3. The van der Waals surface area contributed by atoms with Crippen molar-refractivity contribution in [3.63, 3.8) is 0 Å². The van der Waals surface area contributed by atoms with Crippen molar-refractivity contribution in [2.75, 3.05) is 13.7 Å². The Hall–Kier alpha value is -2.24. The number of carbonyl (C=O) groups is 1. The lowest BCUT2D eigenvalue weighted by molar-refractivity contribution is -0.144. The van der Waals surface area contributed by atoms with Gasteiger partial charge in [-0.1, -0.05) is 17.7 Å². The molecule has 0 bridgehead atoms. The van der Waals surface area contributed by atoms with Crippen molar-refractivity contribution in [2.24, 2.45) is 5.73 Å². The van der Waals surface area contributed by atoms with Crippen LogP contribution in [0.1, 0.15) is 18.1 Å². The Morgan fingerprint density at radius 3 is 2.56 bits per heavy atom. The van der Waals surface area contributed by atoms with Gasteiger partial charge >= 0.3 is 5.97 Å². The number of carbonyl (C=O) groups excluding carboxylic acids is 1. The summed E-state index contributed by atoms with van der Waals surface area (Å²) in [6.45, 7) is 2.40. The highest BCUT2D eigenvalue weighted by molar-refractivity contribution is 6.30. The van der Waals surface area contributed by atoms with Crippen LogP contribution >= 0.6 is 11.6 Å². The second kappa shape index (κ2) is 9.30. The summed E-state index contributed by atoms with van der Waals surface area (Å²) in [5.41, 5.74) is 7.67. The van der Waals surface area contributed by atoms with E-state index in [1.54, 1.807) is 38.3 Å². The van der Waals surface area contributed by atoms with Crippen molar-refractivity contribution < 1.29 is 19.0 Å². The molecule has 2 aromatic carbocycles. The van der Waals surface area contributed by atoms with Gasteiger partial charge < -0.3 is 19.9 Å². The van der Waals surface area contributed by atoms with Crippen LogP contribution in [-0.4, -0.2) is 25.7 Å². The molecule has 0 fully saturated rings. The summed E-state index contributed by atoms with van der Waals surface area (Å²) in [5.74, 6) is 1.01. The first-order chi connectivity index (χ1) is 12.0. The van der Waals surface area contributed by atoms with E-state index in [0.717, 1.165) is 11.1 Å². The van der Waals surface area contributed by atoms with Crippen LogP contribution in [0.3, 0.4) is 0 Å². The first-order valence-corrected chi connectivity index (χ1v) is 8.37. The Bertz CT molecular complexity index is 703. The SMILES string of the molecule is CCOC(=O)C(N)Cc1ccc(OC)c(COc2ccc(Cl)cc2)c1. The van der Waals surface area contributed by atoms with Crippen LogP contribution < -0.4 is 15.2 Å². The second-order valence-corrected chi connectivity index (χ2v) is 5.89. The van der Waals surface area contributed by atoms with Gasteiger partial charge in [0.2, 0.25) is 0 Å². The Kier molecular flexibility index (Phi) is 7.10. The van der Waals surface area contributed by atoms with Crippen molar-refractivity contribution in [1.82, 2.24) is 0 Å². The van der Waals surface area contributed by atoms with Gasteiger partial charge in [-0.3, -0.25) is 4.79 Å². The van der Waals surface area contributed by atoms with Gasteiger partial charge in [0.15, 0.2) is 0 Å². The molecule has 0 amide bonds. The molecule has 5 nitrogen and oxygen atoms in total. The van der Waals surface area contributed by atoms with Crippen LogP contribution in [0.4, 0.5) is 0 Å². The molecule has 1 unspecified atom stereocenters. The van der Waals surface area contributed by atoms with Crippen LogP contribution in [0.2, 0.25) is 5.02 Å². The van der Waals surface area contributed by atoms with E-state index in [1.807, 2.05) is 18.2 Å². The minimum absolute atomic E-state index is 0.315. The van der Waals surface area contributed by atoms with E-state index in [-0.39, 0.29) is 0 Å². The number of halogens is 1. The summed E-state index contributed by atoms with van der Waals surface area (Å²) in [7, 11) is 1.60. The zero-order valence-corrected chi connectivity index (χ0v) is 15.1. The Labute approximate surface area is 152 Å². The molecular formula is C19H22ClNO4. The summed E-state index contributed by atoms with van der Waals surface area (Å²) in [5, 5.41) is 0.653. The summed E-state index contributed by atoms with van der Waals surface area (Å²) < 4.78 is 16.1. The highest BCUT2D eigenvalue weighted by Crippen LogP contribution is 2.23. The topological polar surface area (TPSA) is 70.8 Å². The molecule has 0 heterocycles. The molecule has 2 aromatic rings. The smallest absolute Gasteiger partial charge is 0.323 e.